The van der Waals surface area contributed by atoms with Gasteiger partial charge in [0.2, 0.25) is 0 Å². The summed E-state index contributed by atoms with van der Waals surface area (Å²) in [4.78, 5) is 0. The number of nitrogens with zero attached hydrogens (tertiary/aromatic N) is 3. The van der Waals surface area contributed by atoms with E-state index in [0.29, 0.717) is 0 Å². The Labute approximate surface area is 411 Å². The van der Waals surface area contributed by atoms with E-state index in [4.69, 9.17) is 0 Å². The van der Waals surface area contributed by atoms with Gasteiger partial charge < -0.3 is 13.7 Å². The van der Waals surface area contributed by atoms with Gasteiger partial charge in [0.15, 0.2) is 0 Å². The van der Waals surface area contributed by atoms with Crippen LogP contribution < -0.4 is 0 Å². The van der Waals surface area contributed by atoms with Gasteiger partial charge in [0, 0.05) is 49.4 Å². The van der Waals surface area contributed by atoms with Crippen LogP contribution in [0.5, 0.6) is 0 Å². The molecule has 0 amide bonds. The van der Waals surface area contributed by atoms with Crippen LogP contribution in [0.2, 0.25) is 0 Å². The molecule has 71 heavy (non-hydrogen) atoms. The summed E-state index contributed by atoms with van der Waals surface area (Å²) in [6.45, 7) is 0. The number of fused-ring (bicyclic) bond motifs is 6. The Bertz CT molecular complexity index is 3950. The molecule has 0 spiro atoms. The van der Waals surface area contributed by atoms with Crippen molar-refractivity contribution in [2.45, 2.75) is 12.8 Å². The van der Waals surface area contributed by atoms with E-state index < -0.39 is 0 Å². The Morgan fingerprint density at radius 2 is 0.493 bits per heavy atom. The first-order valence-corrected chi connectivity index (χ1v) is 24.8. The fraction of sp³-hybridized carbons (Fsp3) is 0.0294. The molecule has 1 aliphatic carbocycles. The zero-order valence-electron chi connectivity index (χ0n) is 38.9. The number of hydrogen-bond acceptors (Lipinski definition) is 0. The van der Waals surface area contributed by atoms with Gasteiger partial charge in [0.25, 0.3) is 0 Å². The molecule has 3 nitrogen and oxygen atoms in total. The lowest BCUT2D eigenvalue weighted by Crippen LogP contribution is -2.03. The van der Waals surface area contributed by atoms with E-state index in [1.165, 1.54) is 132 Å². The van der Waals surface area contributed by atoms with Crippen molar-refractivity contribution in [1.82, 2.24) is 13.7 Å². The third kappa shape index (κ3) is 6.23. The van der Waals surface area contributed by atoms with Crippen molar-refractivity contribution in [3.63, 3.8) is 0 Å². The third-order valence-electron chi connectivity index (χ3n) is 15.3. The van der Waals surface area contributed by atoms with Crippen molar-refractivity contribution in [2.24, 2.45) is 0 Å². The zero-order chi connectivity index (χ0) is 46.6. The Hall–Kier alpha value is -9.18. The molecule has 0 saturated carbocycles. The Morgan fingerprint density at radius 1 is 0.211 bits per heavy atom. The molecule has 0 unspecified atom stereocenters. The van der Waals surface area contributed by atoms with Gasteiger partial charge >= 0.3 is 0 Å². The first kappa shape index (κ1) is 39.8. The maximum Gasteiger partial charge on any atom is 0.0564 e. The molecule has 0 radical (unpaired) electrons. The van der Waals surface area contributed by atoms with Gasteiger partial charge in [0.1, 0.15) is 0 Å². The van der Waals surface area contributed by atoms with Crippen molar-refractivity contribution < 1.29 is 0 Å². The first-order valence-electron chi connectivity index (χ1n) is 24.8. The fourth-order valence-electron chi connectivity index (χ4n) is 12.0. The molecule has 0 N–H and O–H groups in total. The number of hydrogen-bond donors (Lipinski definition) is 0. The third-order valence-corrected chi connectivity index (χ3v) is 15.3. The maximum absolute atomic E-state index is 2.54. The van der Waals surface area contributed by atoms with Crippen LogP contribution in [0.4, 0.5) is 0 Å². The smallest absolute Gasteiger partial charge is 0.0564 e. The van der Waals surface area contributed by atoms with Crippen LogP contribution >= 0.6 is 0 Å². The highest BCUT2D eigenvalue weighted by Crippen LogP contribution is 2.46. The number of para-hydroxylation sites is 1. The number of rotatable bonds is 7. The monoisotopic (exact) mass is 903 g/mol. The quantitative estimate of drug-likeness (QED) is 0.151. The van der Waals surface area contributed by atoms with Gasteiger partial charge in [-0.3, -0.25) is 0 Å². The molecule has 0 bridgehead atoms. The predicted octanol–water partition coefficient (Wildman–Crippen LogP) is 17.7. The van der Waals surface area contributed by atoms with Crippen molar-refractivity contribution >= 4 is 65.4 Å². The number of aryl methyl sites for hydroxylation is 2. The van der Waals surface area contributed by atoms with Gasteiger partial charge in [-0.25, -0.2) is 0 Å². The summed E-state index contributed by atoms with van der Waals surface area (Å²) in [5, 5.41) is 7.73. The molecule has 14 aromatic rings. The van der Waals surface area contributed by atoms with E-state index in [1.54, 1.807) is 0 Å². The van der Waals surface area contributed by atoms with Crippen LogP contribution in [-0.2, 0) is 12.8 Å². The largest absolute Gasteiger partial charge is 0.309 e. The summed E-state index contributed by atoms with van der Waals surface area (Å²) in [7, 11) is 0. The van der Waals surface area contributed by atoms with Gasteiger partial charge in [-0.1, -0.05) is 164 Å². The summed E-state index contributed by atoms with van der Waals surface area (Å²) in [5.74, 6) is 0. The molecule has 0 aliphatic heterocycles. The van der Waals surface area contributed by atoms with Gasteiger partial charge in [-0.15, -0.1) is 0 Å². The Balaban J connectivity index is 0.984. The zero-order valence-corrected chi connectivity index (χ0v) is 38.9. The highest BCUT2D eigenvalue weighted by molar-refractivity contribution is 6.17. The normalized spacial score (nSPS) is 12.4. The molecule has 1 aliphatic rings. The molecule has 0 atom stereocenters. The van der Waals surface area contributed by atoms with Gasteiger partial charge in [0.05, 0.1) is 33.1 Å². The van der Waals surface area contributed by atoms with Gasteiger partial charge in [-0.05, 0) is 153 Å². The number of aromatic nitrogens is 3. The lowest BCUT2D eigenvalue weighted by atomic mass is 9.90. The standard InChI is InChI=1S/C68H45N3/c1-6-16-44(17-7-1)48-28-32-61-57(38-48)58-39-49(45-18-8-2-9-19-45)29-33-62(58)70(61)55-36-52-26-27-53-37-56(43-66-68(53)67(52)65(42-55)69(66)54-24-14-5-15-25-54)71-63-34-30-50(46-20-10-3-11-21-46)40-59(63)60-41-51(31-35-64(60)71)47-22-12-4-13-23-47/h1-25,28-43H,26-27H2. The van der Waals surface area contributed by atoms with Crippen LogP contribution in [0.15, 0.2) is 249 Å². The minimum absolute atomic E-state index is 0.955. The number of benzene rings is 11. The minimum atomic E-state index is 0.955. The van der Waals surface area contributed by atoms with Crippen LogP contribution in [0.1, 0.15) is 11.1 Å². The average molecular weight is 904 g/mol. The van der Waals surface area contributed by atoms with Gasteiger partial charge in [-0.2, -0.15) is 0 Å². The Kier molecular flexibility index (Phi) is 8.78. The van der Waals surface area contributed by atoms with E-state index in [-0.39, 0.29) is 0 Å². The fourth-order valence-corrected chi connectivity index (χ4v) is 12.0. The molecule has 0 saturated heterocycles. The molecule has 3 aromatic heterocycles. The highest BCUT2D eigenvalue weighted by Gasteiger charge is 2.26. The molecule has 11 aromatic carbocycles. The average Bonchev–Trinajstić information content (AvgIpc) is 4.08. The molecule has 332 valence electrons. The van der Waals surface area contributed by atoms with Crippen LogP contribution in [0.25, 0.3) is 127 Å². The van der Waals surface area contributed by atoms with E-state index in [1.807, 2.05) is 0 Å². The van der Waals surface area contributed by atoms with Crippen LogP contribution in [-0.4, -0.2) is 13.7 Å². The van der Waals surface area contributed by atoms with Crippen molar-refractivity contribution in [1.29, 1.82) is 0 Å². The first-order chi connectivity index (χ1) is 35.2. The van der Waals surface area contributed by atoms with E-state index >= 15 is 0 Å². The molecular formula is C68H45N3. The van der Waals surface area contributed by atoms with E-state index in [2.05, 4.69) is 262 Å². The Morgan fingerprint density at radius 3 is 0.803 bits per heavy atom. The summed E-state index contributed by atoms with van der Waals surface area (Å²) in [5.41, 5.74) is 23.4. The van der Waals surface area contributed by atoms with Crippen LogP contribution in [0.3, 0.4) is 0 Å². The molecule has 0 fully saturated rings. The SMILES string of the molecule is c1ccc(-c2ccc3c(c2)c2cc(-c4ccccc4)ccc2n3-c2cc3c4c5c(cc(-n6c7ccc(-c8ccccc8)cc7c7cc(-c8ccccc8)ccc76)cc5n(-c5ccccc5)c4c2)CC3)cc1. The molecule has 3 heterocycles. The summed E-state index contributed by atoms with van der Waals surface area (Å²) >= 11 is 0. The lowest BCUT2D eigenvalue weighted by molar-refractivity contribution is 0.962. The predicted molar refractivity (Wildman–Crippen MR) is 299 cm³/mol. The topological polar surface area (TPSA) is 14.8 Å². The lowest BCUT2D eigenvalue weighted by Gasteiger charge is -2.18. The summed E-state index contributed by atoms with van der Waals surface area (Å²) in [6, 6.07) is 92.1. The second-order valence-corrected chi connectivity index (χ2v) is 19.2. The van der Waals surface area contributed by atoms with E-state index in [9.17, 15) is 0 Å². The second kappa shape index (κ2) is 15.7. The highest BCUT2D eigenvalue weighted by atomic mass is 15.0. The van der Waals surface area contributed by atoms with Crippen molar-refractivity contribution in [3.8, 4) is 61.6 Å². The molecule has 3 heteroatoms. The molecule has 15 rings (SSSR count). The van der Waals surface area contributed by atoms with Crippen molar-refractivity contribution in [3.05, 3.63) is 260 Å². The second-order valence-electron chi connectivity index (χ2n) is 19.2. The van der Waals surface area contributed by atoms with E-state index in [0.717, 1.165) is 18.5 Å². The summed E-state index contributed by atoms with van der Waals surface area (Å²) in [6.07, 6.45) is 1.91. The summed E-state index contributed by atoms with van der Waals surface area (Å²) < 4.78 is 7.58. The van der Waals surface area contributed by atoms with Crippen molar-refractivity contribution in [2.75, 3.05) is 0 Å². The molecular weight excluding hydrogens is 859 g/mol. The maximum atomic E-state index is 2.54. The minimum Gasteiger partial charge on any atom is -0.309 e. The van der Waals surface area contributed by atoms with Crippen LogP contribution in [0, 0.1) is 0 Å².